The molecule has 8 heteroatoms. The molecular weight excluding hydrogens is 278 g/mol. The van der Waals surface area contributed by atoms with E-state index in [1.54, 1.807) is 13.8 Å². The molecule has 2 unspecified atom stereocenters. The largest absolute Gasteiger partial charge is 0.396 e. The van der Waals surface area contributed by atoms with E-state index in [0.717, 1.165) is 0 Å². The smallest absolute Gasteiger partial charge is 0.214 e. The first-order valence-corrected chi connectivity index (χ1v) is 9.37. The van der Waals surface area contributed by atoms with Crippen LogP contribution in [0.1, 0.15) is 26.7 Å². The zero-order valence-corrected chi connectivity index (χ0v) is 12.3. The van der Waals surface area contributed by atoms with Gasteiger partial charge in [0.15, 0.2) is 0 Å². The van der Waals surface area contributed by atoms with Gasteiger partial charge in [-0.05, 0) is 25.7 Å². The second-order valence-corrected chi connectivity index (χ2v) is 9.26. The summed E-state index contributed by atoms with van der Waals surface area (Å²) in [6.07, 6.45) is 0.301. The summed E-state index contributed by atoms with van der Waals surface area (Å²) < 4.78 is 49.1. The Hall–Kier alpha value is -0.180. The second-order valence-electron chi connectivity index (χ2n) is 4.96. The molecule has 2 atom stereocenters. The summed E-state index contributed by atoms with van der Waals surface area (Å²) in [6, 6.07) is -0.362. The molecule has 0 saturated carbocycles. The molecule has 0 amide bonds. The fourth-order valence-corrected chi connectivity index (χ4v) is 5.40. The van der Waals surface area contributed by atoms with E-state index >= 15 is 0 Å². The molecule has 0 aromatic carbocycles. The maximum Gasteiger partial charge on any atom is 0.214 e. The SMILES string of the molecule is CC(CO)C(C)NS(=O)(=O)C1CCS(=O)(=O)CC1. The number of sulfonamides is 1. The van der Waals surface area contributed by atoms with Crippen molar-refractivity contribution in [3.8, 4) is 0 Å². The molecule has 0 bridgehead atoms. The van der Waals surface area contributed by atoms with Gasteiger partial charge in [-0.3, -0.25) is 0 Å². The lowest BCUT2D eigenvalue weighted by Crippen LogP contribution is -2.45. The maximum atomic E-state index is 12.0. The fourth-order valence-electron chi connectivity index (χ4n) is 1.81. The number of hydrogen-bond donors (Lipinski definition) is 2. The Bertz CT molecular complexity index is 456. The molecule has 1 fully saturated rings. The molecule has 1 rings (SSSR count). The summed E-state index contributed by atoms with van der Waals surface area (Å²) in [5.74, 6) is -0.308. The third kappa shape index (κ3) is 4.18. The first kappa shape index (κ1) is 15.9. The van der Waals surface area contributed by atoms with Crippen LogP contribution in [0.4, 0.5) is 0 Å². The van der Waals surface area contributed by atoms with Crippen molar-refractivity contribution in [1.82, 2.24) is 4.72 Å². The molecule has 18 heavy (non-hydrogen) atoms. The molecule has 6 nitrogen and oxygen atoms in total. The first-order chi connectivity index (χ1) is 8.18. The molecule has 1 heterocycles. The van der Waals surface area contributed by atoms with E-state index in [2.05, 4.69) is 4.72 Å². The lowest BCUT2D eigenvalue weighted by molar-refractivity contribution is 0.216. The second kappa shape index (κ2) is 5.85. The average molecular weight is 299 g/mol. The van der Waals surface area contributed by atoms with E-state index in [0.29, 0.717) is 0 Å². The molecule has 0 aliphatic carbocycles. The van der Waals surface area contributed by atoms with Gasteiger partial charge in [0.05, 0.1) is 16.8 Å². The highest BCUT2D eigenvalue weighted by Gasteiger charge is 2.33. The van der Waals surface area contributed by atoms with Crippen molar-refractivity contribution in [3.05, 3.63) is 0 Å². The van der Waals surface area contributed by atoms with E-state index in [9.17, 15) is 16.8 Å². The van der Waals surface area contributed by atoms with E-state index in [1.807, 2.05) is 0 Å². The minimum atomic E-state index is -3.51. The molecule has 1 aliphatic heterocycles. The molecule has 0 aromatic rings. The third-order valence-electron chi connectivity index (χ3n) is 3.43. The summed E-state index contributed by atoms with van der Waals surface area (Å²) in [5.41, 5.74) is 0. The monoisotopic (exact) mass is 299 g/mol. The quantitative estimate of drug-likeness (QED) is 0.713. The van der Waals surface area contributed by atoms with Crippen LogP contribution in [0.2, 0.25) is 0 Å². The van der Waals surface area contributed by atoms with Crippen molar-refractivity contribution < 1.29 is 21.9 Å². The van der Waals surface area contributed by atoms with Crippen LogP contribution >= 0.6 is 0 Å². The highest BCUT2D eigenvalue weighted by molar-refractivity contribution is 7.92. The van der Waals surface area contributed by atoms with E-state index in [4.69, 9.17) is 5.11 Å². The zero-order valence-electron chi connectivity index (χ0n) is 10.7. The van der Waals surface area contributed by atoms with Crippen LogP contribution in [0.15, 0.2) is 0 Å². The molecule has 0 spiro atoms. The standard InChI is InChI=1S/C10H21NO5S2/c1-8(7-12)9(2)11-18(15,16)10-3-5-17(13,14)6-4-10/h8-12H,3-7H2,1-2H3. The Kier molecular flexibility index (Phi) is 5.16. The Morgan fingerprint density at radius 1 is 1.28 bits per heavy atom. The third-order valence-corrected chi connectivity index (χ3v) is 7.20. The van der Waals surface area contributed by atoms with E-state index in [-0.39, 0.29) is 42.9 Å². The Morgan fingerprint density at radius 2 is 1.78 bits per heavy atom. The van der Waals surface area contributed by atoms with Gasteiger partial charge in [0.1, 0.15) is 9.84 Å². The van der Waals surface area contributed by atoms with Crippen LogP contribution in [0.25, 0.3) is 0 Å². The van der Waals surface area contributed by atoms with Crippen molar-refractivity contribution in [2.75, 3.05) is 18.1 Å². The van der Waals surface area contributed by atoms with Gasteiger partial charge in [0.2, 0.25) is 10.0 Å². The van der Waals surface area contributed by atoms with Crippen molar-refractivity contribution in [2.45, 2.75) is 38.0 Å². The lowest BCUT2D eigenvalue weighted by Gasteiger charge is -2.26. The van der Waals surface area contributed by atoms with Crippen molar-refractivity contribution in [1.29, 1.82) is 0 Å². The van der Waals surface area contributed by atoms with Gasteiger partial charge in [-0.2, -0.15) is 0 Å². The van der Waals surface area contributed by atoms with E-state index in [1.165, 1.54) is 0 Å². The van der Waals surface area contributed by atoms with Crippen molar-refractivity contribution >= 4 is 19.9 Å². The first-order valence-electron chi connectivity index (χ1n) is 6.00. The molecule has 1 saturated heterocycles. The fraction of sp³-hybridized carbons (Fsp3) is 1.00. The predicted molar refractivity (Wildman–Crippen MR) is 69.4 cm³/mol. The summed E-state index contributed by atoms with van der Waals surface area (Å²) >= 11 is 0. The van der Waals surface area contributed by atoms with Gasteiger partial charge in [-0.1, -0.05) is 6.92 Å². The Balaban J connectivity index is 2.65. The number of hydrogen-bond acceptors (Lipinski definition) is 5. The summed E-state index contributed by atoms with van der Waals surface area (Å²) in [5, 5.41) is 8.32. The molecule has 108 valence electrons. The molecule has 1 aliphatic rings. The molecule has 2 N–H and O–H groups in total. The molecule has 0 aromatic heterocycles. The predicted octanol–water partition coefficient (Wildman–Crippen LogP) is -0.500. The van der Waals surface area contributed by atoms with Crippen molar-refractivity contribution in [2.24, 2.45) is 5.92 Å². The molecule has 0 radical (unpaired) electrons. The van der Waals surface area contributed by atoms with Crippen LogP contribution in [0, 0.1) is 5.92 Å². The average Bonchev–Trinajstić information content (AvgIpc) is 2.26. The highest BCUT2D eigenvalue weighted by atomic mass is 32.2. The number of nitrogens with one attached hydrogen (secondary N) is 1. The normalized spacial score (nSPS) is 24.6. The zero-order chi connectivity index (χ0) is 14.0. The van der Waals surface area contributed by atoms with Crippen LogP contribution in [-0.4, -0.2) is 51.3 Å². The van der Waals surface area contributed by atoms with Crippen LogP contribution < -0.4 is 4.72 Å². The summed E-state index contributed by atoms with van der Waals surface area (Å²) in [4.78, 5) is 0. The number of aliphatic hydroxyl groups excluding tert-OH is 1. The van der Waals surface area contributed by atoms with Gasteiger partial charge >= 0.3 is 0 Å². The number of rotatable bonds is 5. The van der Waals surface area contributed by atoms with Gasteiger partial charge in [-0.15, -0.1) is 0 Å². The van der Waals surface area contributed by atoms with Gasteiger partial charge in [0.25, 0.3) is 0 Å². The van der Waals surface area contributed by atoms with Crippen LogP contribution in [0.3, 0.4) is 0 Å². The summed E-state index contributed by atoms with van der Waals surface area (Å²) in [7, 11) is -6.57. The lowest BCUT2D eigenvalue weighted by atomic mass is 10.1. The highest BCUT2D eigenvalue weighted by Crippen LogP contribution is 2.19. The minimum Gasteiger partial charge on any atom is -0.396 e. The van der Waals surface area contributed by atoms with Gasteiger partial charge < -0.3 is 5.11 Å². The number of sulfone groups is 1. The summed E-state index contributed by atoms with van der Waals surface area (Å²) in [6.45, 7) is 3.35. The minimum absolute atomic E-state index is 0.0670. The van der Waals surface area contributed by atoms with E-state index < -0.39 is 25.1 Å². The topological polar surface area (TPSA) is 101 Å². The Morgan fingerprint density at radius 3 is 2.22 bits per heavy atom. The number of aliphatic hydroxyl groups is 1. The molecular formula is C10H21NO5S2. The van der Waals surface area contributed by atoms with Crippen LogP contribution in [-0.2, 0) is 19.9 Å². The maximum absolute atomic E-state index is 12.0. The van der Waals surface area contributed by atoms with Crippen LogP contribution in [0.5, 0.6) is 0 Å². The van der Waals surface area contributed by atoms with Gasteiger partial charge in [-0.25, -0.2) is 21.6 Å². The Labute approximate surface area is 109 Å². The van der Waals surface area contributed by atoms with Crippen molar-refractivity contribution in [3.63, 3.8) is 0 Å². The van der Waals surface area contributed by atoms with Gasteiger partial charge in [0, 0.05) is 12.6 Å².